The Labute approximate surface area is 168 Å². The molecule has 0 atom stereocenters. The molecule has 5 nitrogen and oxygen atoms in total. The zero-order chi connectivity index (χ0) is 20.7. The first-order valence-electron chi connectivity index (χ1n) is 9.76. The van der Waals surface area contributed by atoms with E-state index in [2.05, 4.69) is 41.5 Å². The van der Waals surface area contributed by atoms with E-state index in [1.807, 2.05) is 33.9 Å². The van der Waals surface area contributed by atoms with E-state index in [0.717, 1.165) is 35.2 Å². The number of anilines is 2. The number of ether oxygens (including phenoxy) is 1. The molecule has 1 aromatic heterocycles. The van der Waals surface area contributed by atoms with Crippen molar-refractivity contribution in [2.75, 3.05) is 24.4 Å². The third-order valence-electron chi connectivity index (χ3n) is 5.42. The monoisotopic (exact) mass is 381 g/mol. The summed E-state index contributed by atoms with van der Waals surface area (Å²) in [5, 5.41) is 3.54. The minimum atomic E-state index is -0.446. The predicted octanol–water partition coefficient (Wildman–Crippen LogP) is 4.92. The van der Waals surface area contributed by atoms with Gasteiger partial charge < -0.3 is 10.1 Å². The van der Waals surface area contributed by atoms with Crippen molar-refractivity contribution in [2.24, 2.45) is 5.41 Å². The summed E-state index contributed by atoms with van der Waals surface area (Å²) in [6, 6.07) is 8.34. The lowest BCUT2D eigenvalue weighted by Gasteiger charge is -2.26. The van der Waals surface area contributed by atoms with Crippen molar-refractivity contribution in [1.82, 2.24) is 4.98 Å². The quantitative estimate of drug-likeness (QED) is 0.747. The van der Waals surface area contributed by atoms with Crippen LogP contribution in [0.25, 0.3) is 11.1 Å². The molecule has 1 N–H and O–H groups in total. The van der Waals surface area contributed by atoms with Crippen molar-refractivity contribution >= 4 is 17.4 Å². The summed E-state index contributed by atoms with van der Waals surface area (Å²) in [7, 11) is 3.54. The number of carbonyl (C=O) groups is 1. The van der Waals surface area contributed by atoms with Gasteiger partial charge in [-0.05, 0) is 55.5 Å². The third-order valence-corrected chi connectivity index (χ3v) is 5.42. The molecular formula is C23H31N3O2. The average Bonchev–Trinajstić information content (AvgIpc) is 3.41. The number of nitrogens with zero attached hydrogens (tertiary/aromatic N) is 2. The molecule has 28 heavy (non-hydrogen) atoms. The largest absolute Gasteiger partial charge is 0.359 e. The Morgan fingerprint density at radius 2 is 1.93 bits per heavy atom. The van der Waals surface area contributed by atoms with Gasteiger partial charge in [-0.15, -0.1) is 0 Å². The van der Waals surface area contributed by atoms with Gasteiger partial charge in [-0.25, -0.2) is 4.98 Å². The molecule has 1 amide bonds. The molecule has 1 aromatic carbocycles. The molecule has 0 spiro atoms. The highest BCUT2D eigenvalue weighted by Crippen LogP contribution is 2.41. The van der Waals surface area contributed by atoms with Gasteiger partial charge >= 0.3 is 0 Å². The SMILES string of the molecule is COC1(Nc2cccc(-c3cnc(N(C)C(=O)C(C)(C)C)c(C)c3)c2C)CC1. The van der Waals surface area contributed by atoms with Crippen molar-refractivity contribution in [1.29, 1.82) is 0 Å². The number of aryl methyl sites for hydroxylation is 1. The van der Waals surface area contributed by atoms with Crippen molar-refractivity contribution in [3.63, 3.8) is 0 Å². The molecule has 3 rings (SSSR count). The van der Waals surface area contributed by atoms with Crippen LogP contribution in [0.2, 0.25) is 0 Å². The molecule has 1 fully saturated rings. The zero-order valence-electron chi connectivity index (χ0n) is 18.0. The summed E-state index contributed by atoms with van der Waals surface area (Å²) in [6.45, 7) is 9.87. The molecular weight excluding hydrogens is 350 g/mol. The summed E-state index contributed by atoms with van der Waals surface area (Å²) in [4.78, 5) is 18.9. The first kappa shape index (κ1) is 20.3. The maximum absolute atomic E-state index is 12.6. The van der Waals surface area contributed by atoms with Gasteiger partial charge in [-0.3, -0.25) is 9.69 Å². The van der Waals surface area contributed by atoms with Crippen molar-refractivity contribution in [3.05, 3.63) is 41.6 Å². The molecule has 0 saturated heterocycles. The number of rotatable bonds is 5. The molecule has 0 radical (unpaired) electrons. The molecule has 0 aliphatic heterocycles. The Bertz CT molecular complexity index is 895. The second-order valence-electron chi connectivity index (χ2n) is 8.78. The smallest absolute Gasteiger partial charge is 0.233 e. The first-order chi connectivity index (χ1) is 13.1. The van der Waals surface area contributed by atoms with E-state index in [1.165, 1.54) is 5.56 Å². The second-order valence-corrected chi connectivity index (χ2v) is 8.78. The van der Waals surface area contributed by atoms with Gasteiger partial charge in [-0.1, -0.05) is 32.9 Å². The van der Waals surface area contributed by atoms with Gasteiger partial charge in [0, 0.05) is 37.0 Å². The molecule has 0 bridgehead atoms. The van der Waals surface area contributed by atoms with Gasteiger partial charge in [-0.2, -0.15) is 0 Å². The number of hydrogen-bond donors (Lipinski definition) is 1. The molecule has 1 aliphatic rings. The van der Waals surface area contributed by atoms with Crippen LogP contribution >= 0.6 is 0 Å². The minimum Gasteiger partial charge on any atom is -0.359 e. The van der Waals surface area contributed by atoms with Crippen molar-refractivity contribution < 1.29 is 9.53 Å². The van der Waals surface area contributed by atoms with Crippen LogP contribution in [0, 0.1) is 19.3 Å². The molecule has 0 unspecified atom stereocenters. The van der Waals surface area contributed by atoms with E-state index in [9.17, 15) is 4.79 Å². The summed E-state index contributed by atoms with van der Waals surface area (Å²) >= 11 is 0. The van der Waals surface area contributed by atoms with E-state index in [4.69, 9.17) is 4.74 Å². The number of nitrogens with one attached hydrogen (secondary N) is 1. The average molecular weight is 382 g/mol. The number of carbonyl (C=O) groups excluding carboxylic acids is 1. The molecule has 1 aliphatic carbocycles. The fraction of sp³-hybridized carbons (Fsp3) is 0.478. The van der Waals surface area contributed by atoms with E-state index in [-0.39, 0.29) is 11.6 Å². The normalized spacial score (nSPS) is 15.2. The van der Waals surface area contributed by atoms with Crippen LogP contribution in [0.15, 0.2) is 30.5 Å². The summed E-state index contributed by atoms with van der Waals surface area (Å²) < 4.78 is 5.60. The first-order valence-corrected chi connectivity index (χ1v) is 9.76. The van der Waals surface area contributed by atoms with Gasteiger partial charge in [0.15, 0.2) is 0 Å². The minimum absolute atomic E-state index is 0.0486. The van der Waals surface area contributed by atoms with Gasteiger partial charge in [0.2, 0.25) is 5.91 Å². The topological polar surface area (TPSA) is 54.5 Å². The zero-order valence-corrected chi connectivity index (χ0v) is 18.0. The lowest BCUT2D eigenvalue weighted by molar-refractivity contribution is -0.125. The van der Waals surface area contributed by atoms with Crippen LogP contribution in [0.4, 0.5) is 11.5 Å². The Kier molecular flexibility index (Phi) is 5.24. The van der Waals surface area contributed by atoms with Crippen LogP contribution in [-0.4, -0.2) is 30.8 Å². The molecule has 1 saturated carbocycles. The Morgan fingerprint density at radius 1 is 1.25 bits per heavy atom. The highest BCUT2D eigenvalue weighted by Gasteiger charge is 2.43. The Hall–Kier alpha value is -2.40. The Morgan fingerprint density at radius 3 is 2.46 bits per heavy atom. The molecule has 1 heterocycles. The van der Waals surface area contributed by atoms with Gasteiger partial charge in [0.1, 0.15) is 11.5 Å². The predicted molar refractivity (Wildman–Crippen MR) is 115 cm³/mol. The van der Waals surface area contributed by atoms with Crippen LogP contribution in [0.3, 0.4) is 0 Å². The van der Waals surface area contributed by atoms with E-state index < -0.39 is 5.41 Å². The fourth-order valence-electron chi connectivity index (χ4n) is 3.49. The summed E-state index contributed by atoms with van der Waals surface area (Å²) in [5.41, 5.74) is 4.74. The standard InChI is InChI=1S/C23H31N3O2/c1-15-13-17(14-24-20(15)26(6)21(27)22(3,4)5)18-9-8-10-19(16(18)2)25-23(28-7)11-12-23/h8-10,13-14,25H,11-12H2,1-7H3. The molecule has 150 valence electrons. The van der Waals surface area contributed by atoms with Gasteiger partial charge in [0.05, 0.1) is 0 Å². The van der Waals surface area contributed by atoms with E-state index in [1.54, 1.807) is 19.1 Å². The summed E-state index contributed by atoms with van der Waals surface area (Å²) in [5.74, 6) is 0.749. The maximum atomic E-state index is 12.6. The lowest BCUT2D eigenvalue weighted by atomic mass is 9.94. The Balaban J connectivity index is 1.91. The maximum Gasteiger partial charge on any atom is 0.233 e. The van der Waals surface area contributed by atoms with Crippen LogP contribution in [0.1, 0.15) is 44.7 Å². The van der Waals surface area contributed by atoms with Crippen molar-refractivity contribution in [2.45, 2.75) is 53.2 Å². The highest BCUT2D eigenvalue weighted by molar-refractivity contribution is 5.96. The third kappa shape index (κ3) is 3.90. The number of amides is 1. The van der Waals surface area contributed by atoms with E-state index >= 15 is 0 Å². The van der Waals surface area contributed by atoms with E-state index in [0.29, 0.717) is 5.82 Å². The number of pyridine rings is 1. The number of methoxy groups -OCH3 is 1. The number of aromatic nitrogens is 1. The highest BCUT2D eigenvalue weighted by atomic mass is 16.5. The number of hydrogen-bond acceptors (Lipinski definition) is 4. The van der Waals surface area contributed by atoms with Gasteiger partial charge in [0.25, 0.3) is 0 Å². The lowest BCUT2D eigenvalue weighted by Crippen LogP contribution is -2.37. The molecule has 2 aromatic rings. The second kappa shape index (κ2) is 7.21. The van der Waals surface area contributed by atoms with Crippen LogP contribution in [-0.2, 0) is 9.53 Å². The van der Waals surface area contributed by atoms with Crippen LogP contribution in [0.5, 0.6) is 0 Å². The van der Waals surface area contributed by atoms with Crippen LogP contribution < -0.4 is 10.2 Å². The van der Waals surface area contributed by atoms with Crippen molar-refractivity contribution in [3.8, 4) is 11.1 Å². The summed E-state index contributed by atoms with van der Waals surface area (Å²) in [6.07, 6.45) is 3.90. The number of benzene rings is 1. The molecule has 5 heteroatoms. The fourth-order valence-corrected chi connectivity index (χ4v) is 3.49.